The predicted molar refractivity (Wildman–Crippen MR) is 92.0 cm³/mol. The summed E-state index contributed by atoms with van der Waals surface area (Å²) in [5.74, 6) is -0.332. The van der Waals surface area contributed by atoms with E-state index in [1.807, 2.05) is 0 Å². The second kappa shape index (κ2) is 10.9. The number of benzene rings is 1. The lowest BCUT2D eigenvalue weighted by Crippen LogP contribution is -2.24. The summed E-state index contributed by atoms with van der Waals surface area (Å²) in [6.45, 7) is 0.596. The normalized spacial score (nSPS) is 10.2. The highest BCUT2D eigenvalue weighted by Crippen LogP contribution is 2.07. The number of alkyl halides is 1. The second-order valence-electron chi connectivity index (χ2n) is 5.13. The summed E-state index contributed by atoms with van der Waals surface area (Å²) in [6, 6.07) is 6.62. The summed E-state index contributed by atoms with van der Waals surface area (Å²) in [5, 5.41) is 3.12. The lowest BCUT2D eigenvalue weighted by atomic mass is 10.1. The Morgan fingerprint density at radius 1 is 1.00 bits per heavy atom. The maximum Gasteiger partial charge on any atom is 0.305 e. The number of methoxy groups -OCH3 is 1. The van der Waals surface area contributed by atoms with Gasteiger partial charge in [-0.15, -0.1) is 0 Å². The Balaban J connectivity index is 2.21. The third kappa shape index (κ3) is 7.41. The molecule has 1 N–H and O–H groups in total. The van der Waals surface area contributed by atoms with Gasteiger partial charge >= 0.3 is 5.97 Å². The summed E-state index contributed by atoms with van der Waals surface area (Å²) < 4.78 is 4.57. The van der Waals surface area contributed by atoms with Gasteiger partial charge in [0.2, 0.25) is 0 Å². The van der Waals surface area contributed by atoms with Crippen LogP contribution >= 0.6 is 15.9 Å². The van der Waals surface area contributed by atoms with Crippen molar-refractivity contribution in [2.75, 3.05) is 19.0 Å². The number of carbonyl (C=O) groups is 3. The molecule has 0 aromatic heterocycles. The SMILES string of the molecule is COC(=O)CCCCCCNC(=O)c1ccc(C(=O)CBr)cc1. The summed E-state index contributed by atoms with van der Waals surface area (Å²) in [4.78, 5) is 34.4. The van der Waals surface area contributed by atoms with Crippen molar-refractivity contribution in [1.29, 1.82) is 0 Å². The van der Waals surface area contributed by atoms with Crippen molar-refractivity contribution in [3.63, 3.8) is 0 Å². The first-order valence-electron chi connectivity index (χ1n) is 7.62. The summed E-state index contributed by atoms with van der Waals surface area (Å²) in [5.41, 5.74) is 1.13. The number of ketones is 1. The van der Waals surface area contributed by atoms with Crippen LogP contribution in [-0.4, -0.2) is 36.6 Å². The van der Waals surface area contributed by atoms with Crippen LogP contribution in [0.3, 0.4) is 0 Å². The van der Waals surface area contributed by atoms with Crippen LogP contribution < -0.4 is 5.32 Å². The lowest BCUT2D eigenvalue weighted by molar-refractivity contribution is -0.140. The molecule has 0 aliphatic heterocycles. The molecular weight excluding hydrogens is 362 g/mol. The Labute approximate surface area is 144 Å². The van der Waals surface area contributed by atoms with Crippen molar-refractivity contribution < 1.29 is 19.1 Å². The van der Waals surface area contributed by atoms with E-state index in [1.54, 1.807) is 24.3 Å². The molecule has 0 heterocycles. The number of hydrogen-bond acceptors (Lipinski definition) is 4. The number of hydrogen-bond donors (Lipinski definition) is 1. The van der Waals surface area contributed by atoms with E-state index in [0.717, 1.165) is 25.7 Å². The Bertz CT molecular complexity index is 528. The summed E-state index contributed by atoms with van der Waals surface area (Å²) in [6.07, 6.45) is 4.02. The van der Waals surface area contributed by atoms with Gasteiger partial charge in [-0.2, -0.15) is 0 Å². The zero-order chi connectivity index (χ0) is 17.1. The first-order chi connectivity index (χ1) is 11.1. The van der Waals surface area contributed by atoms with Gasteiger partial charge in [-0.25, -0.2) is 0 Å². The van der Waals surface area contributed by atoms with Crippen molar-refractivity contribution in [1.82, 2.24) is 5.32 Å². The molecule has 1 aromatic rings. The van der Waals surface area contributed by atoms with E-state index in [-0.39, 0.29) is 23.0 Å². The van der Waals surface area contributed by atoms with E-state index in [9.17, 15) is 14.4 Å². The third-order valence-electron chi connectivity index (χ3n) is 3.41. The molecule has 1 amide bonds. The highest BCUT2D eigenvalue weighted by atomic mass is 79.9. The Hall–Kier alpha value is -1.69. The molecule has 0 fully saturated rings. The van der Waals surface area contributed by atoms with E-state index < -0.39 is 0 Å². The highest BCUT2D eigenvalue weighted by Gasteiger charge is 2.07. The van der Waals surface area contributed by atoms with Gasteiger partial charge < -0.3 is 10.1 Å². The fourth-order valence-corrected chi connectivity index (χ4v) is 2.36. The average Bonchev–Trinajstić information content (AvgIpc) is 2.59. The van der Waals surface area contributed by atoms with E-state index in [2.05, 4.69) is 26.0 Å². The molecule has 0 bridgehead atoms. The quantitative estimate of drug-likeness (QED) is 0.291. The number of rotatable bonds is 10. The van der Waals surface area contributed by atoms with E-state index >= 15 is 0 Å². The molecule has 1 aromatic carbocycles. The zero-order valence-corrected chi connectivity index (χ0v) is 14.9. The van der Waals surface area contributed by atoms with Gasteiger partial charge in [-0.05, 0) is 25.0 Å². The highest BCUT2D eigenvalue weighted by molar-refractivity contribution is 9.09. The van der Waals surface area contributed by atoms with Crippen LogP contribution in [-0.2, 0) is 9.53 Å². The summed E-state index contributed by atoms with van der Waals surface area (Å²) in [7, 11) is 1.39. The third-order valence-corrected chi connectivity index (χ3v) is 3.92. The topological polar surface area (TPSA) is 72.5 Å². The minimum absolute atomic E-state index is 0.0103. The molecule has 0 aliphatic rings. The maximum atomic E-state index is 11.9. The monoisotopic (exact) mass is 383 g/mol. The zero-order valence-electron chi connectivity index (χ0n) is 13.3. The number of nitrogens with one attached hydrogen (secondary N) is 1. The minimum atomic E-state index is -0.180. The fraction of sp³-hybridized carbons (Fsp3) is 0.471. The van der Waals surface area contributed by atoms with Crippen LogP contribution in [0.1, 0.15) is 52.8 Å². The molecule has 0 saturated heterocycles. The van der Waals surface area contributed by atoms with Crippen LogP contribution in [0.25, 0.3) is 0 Å². The first kappa shape index (κ1) is 19.4. The number of halogens is 1. The molecule has 1 rings (SSSR count). The Kier molecular flexibility index (Phi) is 9.21. The number of esters is 1. The molecule has 0 aliphatic carbocycles. The van der Waals surface area contributed by atoms with Gasteiger partial charge in [-0.1, -0.05) is 40.9 Å². The number of unbranched alkanes of at least 4 members (excludes halogenated alkanes) is 3. The molecule has 0 unspecified atom stereocenters. The maximum absolute atomic E-state index is 11.9. The van der Waals surface area contributed by atoms with Crippen LogP contribution in [0.5, 0.6) is 0 Å². The first-order valence-corrected chi connectivity index (χ1v) is 8.75. The van der Waals surface area contributed by atoms with Gasteiger partial charge in [0.1, 0.15) is 0 Å². The molecule has 5 nitrogen and oxygen atoms in total. The van der Waals surface area contributed by atoms with Crippen molar-refractivity contribution in [2.24, 2.45) is 0 Å². The van der Waals surface area contributed by atoms with Gasteiger partial charge in [0, 0.05) is 24.1 Å². The van der Waals surface area contributed by atoms with Crippen molar-refractivity contribution >= 4 is 33.6 Å². The Morgan fingerprint density at radius 2 is 1.61 bits per heavy atom. The lowest BCUT2D eigenvalue weighted by Gasteiger charge is -2.06. The van der Waals surface area contributed by atoms with Crippen LogP contribution in [0, 0.1) is 0 Å². The Morgan fingerprint density at radius 3 is 2.22 bits per heavy atom. The smallest absolute Gasteiger partial charge is 0.305 e. The molecule has 6 heteroatoms. The number of amides is 1. The van der Waals surface area contributed by atoms with Gasteiger partial charge in [0.05, 0.1) is 12.4 Å². The standard InChI is InChI=1S/C17H22BrNO4/c1-23-16(21)6-4-2-3-5-11-19-17(22)14-9-7-13(8-10-14)15(20)12-18/h7-10H,2-6,11-12H2,1H3,(H,19,22). The molecule has 0 spiro atoms. The molecule has 23 heavy (non-hydrogen) atoms. The van der Waals surface area contributed by atoms with Crippen LogP contribution in [0.2, 0.25) is 0 Å². The largest absolute Gasteiger partial charge is 0.469 e. The summed E-state index contributed by atoms with van der Waals surface area (Å²) >= 11 is 3.12. The van der Waals surface area contributed by atoms with Gasteiger partial charge in [-0.3, -0.25) is 14.4 Å². The fourth-order valence-electron chi connectivity index (χ4n) is 2.04. The van der Waals surface area contributed by atoms with Crippen molar-refractivity contribution in [3.8, 4) is 0 Å². The number of Topliss-reactive ketones (excluding diaryl/α,β-unsaturated/α-hetero) is 1. The van der Waals surface area contributed by atoms with Crippen molar-refractivity contribution in [2.45, 2.75) is 32.1 Å². The molecule has 0 radical (unpaired) electrons. The van der Waals surface area contributed by atoms with Crippen LogP contribution in [0.4, 0.5) is 0 Å². The van der Waals surface area contributed by atoms with E-state index in [0.29, 0.717) is 24.1 Å². The van der Waals surface area contributed by atoms with Gasteiger partial charge in [0.25, 0.3) is 5.91 Å². The molecular formula is C17H22BrNO4. The van der Waals surface area contributed by atoms with Crippen molar-refractivity contribution in [3.05, 3.63) is 35.4 Å². The van der Waals surface area contributed by atoms with E-state index in [4.69, 9.17) is 0 Å². The second-order valence-corrected chi connectivity index (χ2v) is 5.69. The minimum Gasteiger partial charge on any atom is -0.469 e. The molecule has 0 atom stereocenters. The molecule has 126 valence electrons. The predicted octanol–water partition coefficient (Wildman–Crippen LogP) is 3.12. The number of carbonyl (C=O) groups excluding carboxylic acids is 3. The average molecular weight is 384 g/mol. The van der Waals surface area contributed by atoms with Crippen LogP contribution in [0.15, 0.2) is 24.3 Å². The molecule has 0 saturated carbocycles. The van der Waals surface area contributed by atoms with E-state index in [1.165, 1.54) is 7.11 Å². The van der Waals surface area contributed by atoms with Gasteiger partial charge in [0.15, 0.2) is 5.78 Å². The number of ether oxygens (including phenoxy) is 1.